The summed E-state index contributed by atoms with van der Waals surface area (Å²) in [5.74, 6) is 1.57. The van der Waals surface area contributed by atoms with Crippen LogP contribution in [-0.4, -0.2) is 11.9 Å². The Hall–Kier alpha value is -0.500. The molecule has 0 radical (unpaired) electrons. The van der Waals surface area contributed by atoms with Gasteiger partial charge < -0.3 is 4.74 Å². The molecule has 1 nitrogen and oxygen atoms in total. The van der Waals surface area contributed by atoms with Crippen molar-refractivity contribution in [2.75, 3.05) is 11.9 Å². The zero-order valence-corrected chi connectivity index (χ0v) is 13.9. The normalized spacial score (nSPS) is 16.8. The molecule has 0 fully saturated rings. The van der Waals surface area contributed by atoms with Crippen LogP contribution in [0.5, 0.6) is 5.75 Å². The number of ether oxygens (including phenoxy) is 1. The van der Waals surface area contributed by atoms with Gasteiger partial charge in [0.2, 0.25) is 0 Å². The Morgan fingerprint density at radius 1 is 1.16 bits per heavy atom. The lowest BCUT2D eigenvalue weighted by atomic mass is 9.83. The molecule has 0 heterocycles. The van der Waals surface area contributed by atoms with Gasteiger partial charge in [-0.3, -0.25) is 0 Å². The molecular formula is C17H25BrO. The van der Waals surface area contributed by atoms with Crippen LogP contribution in [0.25, 0.3) is 0 Å². The lowest BCUT2D eigenvalue weighted by molar-refractivity contribution is 0.166. The van der Waals surface area contributed by atoms with Crippen molar-refractivity contribution in [2.24, 2.45) is 11.3 Å². The van der Waals surface area contributed by atoms with Gasteiger partial charge >= 0.3 is 0 Å². The third-order valence-corrected chi connectivity index (χ3v) is 4.96. The Bertz CT molecular complexity index is 420. The van der Waals surface area contributed by atoms with Crippen LogP contribution in [0.15, 0.2) is 18.2 Å². The van der Waals surface area contributed by atoms with E-state index in [1.165, 1.54) is 36.8 Å². The minimum atomic E-state index is 0.276. The highest BCUT2D eigenvalue weighted by molar-refractivity contribution is 9.09. The molecule has 1 aliphatic rings. The first-order valence-electron chi connectivity index (χ1n) is 7.31. The van der Waals surface area contributed by atoms with Crippen molar-refractivity contribution in [3.8, 4) is 5.75 Å². The maximum absolute atomic E-state index is 6.02. The molecule has 1 aromatic rings. The van der Waals surface area contributed by atoms with Gasteiger partial charge in [0.15, 0.2) is 0 Å². The first-order valence-corrected chi connectivity index (χ1v) is 8.43. The molecule has 0 N–H and O–H groups in total. The molecule has 0 aliphatic heterocycles. The molecule has 1 aromatic carbocycles. The monoisotopic (exact) mass is 324 g/mol. The number of aryl methyl sites for hydroxylation is 2. The predicted octanol–water partition coefficient (Wildman–Crippen LogP) is 5.00. The van der Waals surface area contributed by atoms with Crippen LogP contribution < -0.4 is 4.74 Å². The van der Waals surface area contributed by atoms with Crippen molar-refractivity contribution in [3.63, 3.8) is 0 Å². The zero-order chi connectivity index (χ0) is 13.9. The Balaban J connectivity index is 1.99. The minimum Gasteiger partial charge on any atom is -0.493 e. The smallest absolute Gasteiger partial charge is 0.119 e. The van der Waals surface area contributed by atoms with E-state index in [1.54, 1.807) is 0 Å². The van der Waals surface area contributed by atoms with E-state index in [0.29, 0.717) is 5.92 Å². The maximum atomic E-state index is 6.02. The molecule has 1 aliphatic carbocycles. The van der Waals surface area contributed by atoms with Crippen LogP contribution in [0.2, 0.25) is 0 Å². The second-order valence-electron chi connectivity index (χ2n) is 6.67. The van der Waals surface area contributed by atoms with Gasteiger partial charge in [0.05, 0.1) is 6.61 Å². The van der Waals surface area contributed by atoms with Crippen LogP contribution in [0.4, 0.5) is 0 Å². The third-order valence-electron chi connectivity index (χ3n) is 4.18. The quantitative estimate of drug-likeness (QED) is 0.708. The number of benzene rings is 1. The highest BCUT2D eigenvalue weighted by atomic mass is 79.9. The number of alkyl halides is 1. The van der Waals surface area contributed by atoms with Gasteiger partial charge in [0.25, 0.3) is 0 Å². The molecule has 1 atom stereocenters. The molecule has 1 unspecified atom stereocenters. The third kappa shape index (κ3) is 3.98. The average molecular weight is 325 g/mol. The second-order valence-corrected chi connectivity index (χ2v) is 7.31. The summed E-state index contributed by atoms with van der Waals surface area (Å²) in [6, 6.07) is 6.64. The van der Waals surface area contributed by atoms with E-state index in [4.69, 9.17) is 4.74 Å². The lowest BCUT2D eigenvalue weighted by Gasteiger charge is -2.29. The first kappa shape index (κ1) is 14.9. The van der Waals surface area contributed by atoms with E-state index in [1.807, 2.05) is 0 Å². The van der Waals surface area contributed by atoms with Gasteiger partial charge in [-0.1, -0.05) is 42.8 Å². The van der Waals surface area contributed by atoms with Crippen molar-refractivity contribution < 1.29 is 4.74 Å². The van der Waals surface area contributed by atoms with E-state index < -0.39 is 0 Å². The summed E-state index contributed by atoms with van der Waals surface area (Å²) < 4.78 is 6.02. The maximum Gasteiger partial charge on any atom is 0.119 e. The number of fused-ring (bicyclic) bond motifs is 1. The van der Waals surface area contributed by atoms with Gasteiger partial charge in [-0.15, -0.1) is 0 Å². The summed E-state index contributed by atoms with van der Waals surface area (Å²) in [7, 11) is 0. The number of halogens is 1. The van der Waals surface area contributed by atoms with Gasteiger partial charge in [-0.05, 0) is 54.4 Å². The molecular weight excluding hydrogens is 300 g/mol. The number of rotatable bonds is 4. The summed E-state index contributed by atoms with van der Waals surface area (Å²) in [5.41, 5.74) is 3.29. The molecule has 0 amide bonds. The van der Waals surface area contributed by atoms with Crippen LogP contribution in [0.3, 0.4) is 0 Å². The molecule has 0 bridgehead atoms. The van der Waals surface area contributed by atoms with Crippen molar-refractivity contribution in [1.29, 1.82) is 0 Å². The fraction of sp³-hybridized carbons (Fsp3) is 0.647. The number of hydrogen-bond donors (Lipinski definition) is 0. The fourth-order valence-corrected chi connectivity index (χ4v) is 3.68. The molecule has 0 saturated heterocycles. The topological polar surface area (TPSA) is 9.23 Å². The van der Waals surface area contributed by atoms with E-state index >= 15 is 0 Å². The van der Waals surface area contributed by atoms with Crippen molar-refractivity contribution in [2.45, 2.75) is 46.5 Å². The molecule has 106 valence electrons. The van der Waals surface area contributed by atoms with Gasteiger partial charge in [0.1, 0.15) is 5.75 Å². The van der Waals surface area contributed by atoms with E-state index in [9.17, 15) is 0 Å². The molecule has 2 rings (SSSR count). The Kier molecular flexibility index (Phi) is 4.94. The lowest BCUT2D eigenvalue weighted by Crippen LogP contribution is -2.27. The first-order chi connectivity index (χ1) is 9.00. The average Bonchev–Trinajstić information content (AvgIpc) is 2.37. The molecule has 19 heavy (non-hydrogen) atoms. The summed E-state index contributed by atoms with van der Waals surface area (Å²) in [6.45, 7) is 7.60. The molecule has 2 heteroatoms. The SMILES string of the molecule is CC(C)(C)C(CBr)COc1ccc2c(c1)CCCC2. The highest BCUT2D eigenvalue weighted by Gasteiger charge is 2.24. The largest absolute Gasteiger partial charge is 0.493 e. The zero-order valence-electron chi connectivity index (χ0n) is 12.3. The summed E-state index contributed by atoms with van der Waals surface area (Å²) in [4.78, 5) is 0. The van der Waals surface area contributed by atoms with E-state index in [2.05, 4.69) is 54.9 Å². The molecule has 0 spiro atoms. The van der Waals surface area contributed by atoms with Gasteiger partial charge in [-0.25, -0.2) is 0 Å². The van der Waals surface area contributed by atoms with Crippen LogP contribution >= 0.6 is 15.9 Å². The Labute approximate surface area is 125 Å². The van der Waals surface area contributed by atoms with Crippen LogP contribution in [0, 0.1) is 11.3 Å². The van der Waals surface area contributed by atoms with Crippen LogP contribution in [-0.2, 0) is 12.8 Å². The summed E-state index contributed by atoms with van der Waals surface area (Å²) in [5, 5.41) is 0.988. The van der Waals surface area contributed by atoms with Crippen molar-refractivity contribution in [3.05, 3.63) is 29.3 Å². The summed E-state index contributed by atoms with van der Waals surface area (Å²) in [6.07, 6.45) is 5.11. The number of hydrogen-bond acceptors (Lipinski definition) is 1. The Morgan fingerprint density at radius 3 is 2.47 bits per heavy atom. The predicted molar refractivity (Wildman–Crippen MR) is 85.3 cm³/mol. The Morgan fingerprint density at radius 2 is 1.84 bits per heavy atom. The van der Waals surface area contributed by atoms with E-state index in [-0.39, 0.29) is 5.41 Å². The van der Waals surface area contributed by atoms with Crippen molar-refractivity contribution in [1.82, 2.24) is 0 Å². The minimum absolute atomic E-state index is 0.276. The fourth-order valence-electron chi connectivity index (χ4n) is 2.52. The van der Waals surface area contributed by atoms with E-state index in [0.717, 1.165) is 17.7 Å². The standard InChI is InChI=1S/C17H25BrO/c1-17(2,3)15(11-18)12-19-16-9-8-13-6-4-5-7-14(13)10-16/h8-10,15H,4-7,11-12H2,1-3H3. The molecule has 0 aromatic heterocycles. The summed E-state index contributed by atoms with van der Waals surface area (Å²) >= 11 is 3.61. The van der Waals surface area contributed by atoms with Crippen LogP contribution in [0.1, 0.15) is 44.7 Å². The molecule has 0 saturated carbocycles. The highest BCUT2D eigenvalue weighted by Crippen LogP contribution is 2.30. The van der Waals surface area contributed by atoms with Gasteiger partial charge in [-0.2, -0.15) is 0 Å². The van der Waals surface area contributed by atoms with Crippen molar-refractivity contribution >= 4 is 15.9 Å². The van der Waals surface area contributed by atoms with Gasteiger partial charge in [0, 0.05) is 11.2 Å². The second kappa shape index (κ2) is 6.30.